The van der Waals surface area contributed by atoms with Gasteiger partial charge in [-0.2, -0.15) is 0 Å². The molecule has 3 rings (SSSR count). The molecule has 1 aromatic carbocycles. The molecule has 0 saturated carbocycles. The number of carbonyl (C=O) groups is 1. The summed E-state index contributed by atoms with van der Waals surface area (Å²) in [5, 5.41) is 8.89. The first-order valence-corrected chi connectivity index (χ1v) is 10.6. The number of hydrogen-bond donors (Lipinski definition) is 0. The third-order valence-electron chi connectivity index (χ3n) is 5.57. The van der Waals surface area contributed by atoms with Crippen LogP contribution in [0.25, 0.3) is 11.3 Å². The summed E-state index contributed by atoms with van der Waals surface area (Å²) in [6, 6.07) is 12.4. The van der Waals surface area contributed by atoms with Crippen LogP contribution >= 0.6 is 0 Å². The lowest BCUT2D eigenvalue weighted by atomic mass is 9.96. The Morgan fingerprint density at radius 1 is 1.14 bits per heavy atom. The standard InChI is InChI=1S/C23H32N4O/c1-4-6-15-26(5-2)23(28)20-8-7-16-27(17-20)22-14-13-21(24-25-22)19-11-9-18(3)10-12-19/h9-14,20H,4-8,15-17H2,1-3H3. The van der Waals surface area contributed by atoms with Crippen molar-refractivity contribution in [2.45, 2.75) is 46.5 Å². The van der Waals surface area contributed by atoms with E-state index in [0.717, 1.165) is 68.9 Å². The van der Waals surface area contributed by atoms with Gasteiger partial charge in [0.1, 0.15) is 0 Å². The molecular weight excluding hydrogens is 348 g/mol. The zero-order valence-corrected chi connectivity index (χ0v) is 17.4. The Bertz CT molecular complexity index is 757. The SMILES string of the molecule is CCCCN(CC)C(=O)C1CCCN(c2ccc(-c3ccc(C)cc3)nn2)C1. The van der Waals surface area contributed by atoms with Gasteiger partial charge in [-0.3, -0.25) is 4.79 Å². The van der Waals surface area contributed by atoms with Crippen LogP contribution in [0.4, 0.5) is 5.82 Å². The number of amides is 1. The first kappa shape index (κ1) is 20.3. The van der Waals surface area contributed by atoms with E-state index in [1.165, 1.54) is 5.56 Å². The highest BCUT2D eigenvalue weighted by molar-refractivity contribution is 5.79. The van der Waals surface area contributed by atoms with Crippen LogP contribution in [-0.2, 0) is 4.79 Å². The lowest BCUT2D eigenvalue weighted by molar-refractivity contribution is -0.135. The van der Waals surface area contributed by atoms with Gasteiger partial charge in [0, 0.05) is 31.7 Å². The normalized spacial score (nSPS) is 16.8. The third kappa shape index (κ3) is 4.89. The van der Waals surface area contributed by atoms with Crippen LogP contribution in [0.2, 0.25) is 0 Å². The minimum Gasteiger partial charge on any atom is -0.354 e. The molecule has 150 valence electrons. The molecule has 5 heteroatoms. The number of aromatic nitrogens is 2. The van der Waals surface area contributed by atoms with Crippen molar-refractivity contribution >= 4 is 11.7 Å². The molecule has 2 aromatic rings. The summed E-state index contributed by atoms with van der Waals surface area (Å²) in [5.74, 6) is 1.22. The van der Waals surface area contributed by atoms with Crippen molar-refractivity contribution in [3.8, 4) is 11.3 Å². The van der Waals surface area contributed by atoms with Gasteiger partial charge < -0.3 is 9.80 Å². The van der Waals surface area contributed by atoms with Crippen molar-refractivity contribution in [3.63, 3.8) is 0 Å². The van der Waals surface area contributed by atoms with Crippen molar-refractivity contribution in [2.75, 3.05) is 31.1 Å². The molecule has 0 spiro atoms. The number of aryl methyl sites for hydroxylation is 1. The predicted molar refractivity (Wildman–Crippen MR) is 114 cm³/mol. The second-order valence-corrected chi connectivity index (χ2v) is 7.70. The van der Waals surface area contributed by atoms with Crippen LogP contribution in [-0.4, -0.2) is 47.2 Å². The minimum absolute atomic E-state index is 0.0594. The fourth-order valence-electron chi connectivity index (χ4n) is 3.79. The average Bonchev–Trinajstić information content (AvgIpc) is 2.75. The number of carbonyl (C=O) groups excluding carboxylic acids is 1. The van der Waals surface area contributed by atoms with Crippen molar-refractivity contribution in [1.29, 1.82) is 0 Å². The fraction of sp³-hybridized carbons (Fsp3) is 0.522. The van der Waals surface area contributed by atoms with Gasteiger partial charge in [-0.05, 0) is 45.2 Å². The number of hydrogen-bond acceptors (Lipinski definition) is 4. The maximum absolute atomic E-state index is 12.9. The Labute approximate surface area is 168 Å². The van der Waals surface area contributed by atoms with Crippen molar-refractivity contribution < 1.29 is 4.79 Å². The Balaban J connectivity index is 1.66. The average molecular weight is 381 g/mol. The van der Waals surface area contributed by atoms with Gasteiger partial charge in [-0.15, -0.1) is 10.2 Å². The smallest absolute Gasteiger partial charge is 0.227 e. The van der Waals surface area contributed by atoms with Gasteiger partial charge in [-0.25, -0.2) is 0 Å². The lowest BCUT2D eigenvalue weighted by Gasteiger charge is -2.35. The molecule has 1 aliphatic heterocycles. The molecule has 1 aromatic heterocycles. The number of piperidine rings is 1. The molecule has 0 N–H and O–H groups in total. The van der Waals surface area contributed by atoms with Crippen molar-refractivity contribution in [3.05, 3.63) is 42.0 Å². The summed E-state index contributed by atoms with van der Waals surface area (Å²) in [6.45, 7) is 9.65. The van der Waals surface area contributed by atoms with Gasteiger partial charge in [0.15, 0.2) is 5.82 Å². The van der Waals surface area contributed by atoms with E-state index >= 15 is 0 Å². The Kier molecular flexibility index (Phi) is 7.01. The maximum Gasteiger partial charge on any atom is 0.227 e. The molecule has 0 aliphatic carbocycles. The van der Waals surface area contributed by atoms with E-state index in [2.05, 4.69) is 60.1 Å². The Morgan fingerprint density at radius 3 is 2.57 bits per heavy atom. The molecule has 1 unspecified atom stereocenters. The van der Waals surface area contributed by atoms with Crippen LogP contribution in [0.15, 0.2) is 36.4 Å². The van der Waals surface area contributed by atoms with E-state index in [0.29, 0.717) is 5.91 Å². The molecular formula is C23H32N4O. The predicted octanol–water partition coefficient (Wildman–Crippen LogP) is 4.32. The van der Waals surface area contributed by atoms with E-state index in [9.17, 15) is 4.79 Å². The Morgan fingerprint density at radius 2 is 1.93 bits per heavy atom. The molecule has 1 amide bonds. The van der Waals surface area contributed by atoms with Gasteiger partial charge in [0.25, 0.3) is 0 Å². The Hall–Kier alpha value is -2.43. The third-order valence-corrected chi connectivity index (χ3v) is 5.57. The van der Waals surface area contributed by atoms with Crippen LogP contribution in [0.1, 0.15) is 45.1 Å². The van der Waals surface area contributed by atoms with E-state index in [-0.39, 0.29) is 5.92 Å². The highest BCUT2D eigenvalue weighted by atomic mass is 16.2. The van der Waals surface area contributed by atoms with Crippen LogP contribution in [0.3, 0.4) is 0 Å². The number of benzene rings is 1. The quantitative estimate of drug-likeness (QED) is 0.718. The summed E-state index contributed by atoms with van der Waals surface area (Å²) >= 11 is 0. The molecule has 1 saturated heterocycles. The van der Waals surface area contributed by atoms with Crippen LogP contribution < -0.4 is 4.90 Å². The second-order valence-electron chi connectivity index (χ2n) is 7.70. The lowest BCUT2D eigenvalue weighted by Crippen LogP contribution is -2.45. The molecule has 2 heterocycles. The summed E-state index contributed by atoms with van der Waals surface area (Å²) in [6.07, 6.45) is 4.17. The van der Waals surface area contributed by atoms with Gasteiger partial charge in [0.05, 0.1) is 11.6 Å². The first-order chi connectivity index (χ1) is 13.6. The topological polar surface area (TPSA) is 49.3 Å². The van der Waals surface area contributed by atoms with Crippen molar-refractivity contribution in [1.82, 2.24) is 15.1 Å². The van der Waals surface area contributed by atoms with E-state index in [1.54, 1.807) is 0 Å². The highest BCUT2D eigenvalue weighted by Gasteiger charge is 2.29. The first-order valence-electron chi connectivity index (χ1n) is 10.6. The van der Waals surface area contributed by atoms with E-state index < -0.39 is 0 Å². The van der Waals surface area contributed by atoms with Crippen LogP contribution in [0.5, 0.6) is 0 Å². The molecule has 28 heavy (non-hydrogen) atoms. The molecule has 1 atom stereocenters. The van der Waals surface area contributed by atoms with E-state index in [4.69, 9.17) is 0 Å². The number of nitrogens with zero attached hydrogens (tertiary/aromatic N) is 4. The molecule has 1 aliphatic rings. The molecule has 0 bridgehead atoms. The highest BCUT2D eigenvalue weighted by Crippen LogP contribution is 2.24. The molecule has 5 nitrogen and oxygen atoms in total. The minimum atomic E-state index is 0.0594. The largest absolute Gasteiger partial charge is 0.354 e. The van der Waals surface area contributed by atoms with Crippen LogP contribution in [0, 0.1) is 12.8 Å². The van der Waals surface area contributed by atoms with E-state index in [1.807, 2.05) is 17.0 Å². The summed E-state index contributed by atoms with van der Waals surface area (Å²) in [7, 11) is 0. The second kappa shape index (κ2) is 9.67. The zero-order valence-electron chi connectivity index (χ0n) is 17.4. The number of rotatable bonds is 7. The molecule has 0 radical (unpaired) electrons. The fourth-order valence-corrected chi connectivity index (χ4v) is 3.79. The number of unbranched alkanes of at least 4 members (excludes halogenated alkanes) is 1. The summed E-state index contributed by atoms with van der Waals surface area (Å²) < 4.78 is 0. The summed E-state index contributed by atoms with van der Waals surface area (Å²) in [4.78, 5) is 17.2. The molecule has 1 fully saturated rings. The van der Waals surface area contributed by atoms with Gasteiger partial charge in [0.2, 0.25) is 5.91 Å². The number of anilines is 1. The van der Waals surface area contributed by atoms with Crippen molar-refractivity contribution in [2.24, 2.45) is 5.92 Å². The maximum atomic E-state index is 12.9. The van der Waals surface area contributed by atoms with Gasteiger partial charge >= 0.3 is 0 Å². The zero-order chi connectivity index (χ0) is 19.9. The van der Waals surface area contributed by atoms with Gasteiger partial charge in [-0.1, -0.05) is 43.2 Å². The summed E-state index contributed by atoms with van der Waals surface area (Å²) in [5.41, 5.74) is 3.19. The monoisotopic (exact) mass is 380 g/mol.